The van der Waals surface area contributed by atoms with Crippen molar-refractivity contribution in [2.24, 2.45) is 5.92 Å². The summed E-state index contributed by atoms with van der Waals surface area (Å²) in [7, 11) is 0. The van der Waals surface area contributed by atoms with Crippen molar-refractivity contribution in [3.05, 3.63) is 50.6 Å². The van der Waals surface area contributed by atoms with Gasteiger partial charge in [0.05, 0.1) is 14.6 Å². The molecule has 0 aliphatic carbocycles. The molecule has 0 saturated carbocycles. The Labute approximate surface area is 157 Å². The third kappa shape index (κ3) is 4.08. The van der Waals surface area contributed by atoms with Crippen molar-refractivity contribution in [1.29, 1.82) is 0 Å². The van der Waals surface area contributed by atoms with Gasteiger partial charge >= 0.3 is 0 Å². The lowest BCUT2D eigenvalue weighted by Gasteiger charge is -2.17. The molecule has 1 aromatic carbocycles. The van der Waals surface area contributed by atoms with E-state index in [2.05, 4.69) is 26.8 Å². The van der Waals surface area contributed by atoms with Gasteiger partial charge in [0.2, 0.25) is 11.8 Å². The van der Waals surface area contributed by atoms with E-state index in [1.54, 1.807) is 17.0 Å². The monoisotopic (exact) mass is 421 g/mol. The fourth-order valence-corrected chi connectivity index (χ4v) is 3.86. The lowest BCUT2D eigenvalue weighted by Crippen LogP contribution is -2.44. The number of carbonyl (C=O) groups excluding carboxylic acids is 3. The van der Waals surface area contributed by atoms with E-state index in [-0.39, 0.29) is 24.1 Å². The fraction of sp³-hybridized carbons (Fsp3) is 0.235. The van der Waals surface area contributed by atoms with Crippen LogP contribution in [0.2, 0.25) is 0 Å². The highest BCUT2D eigenvalue weighted by Gasteiger charge is 2.35. The van der Waals surface area contributed by atoms with E-state index in [9.17, 15) is 14.4 Å². The van der Waals surface area contributed by atoms with Crippen LogP contribution in [0, 0.1) is 12.8 Å². The van der Waals surface area contributed by atoms with E-state index in [0.29, 0.717) is 11.4 Å². The van der Waals surface area contributed by atoms with Crippen molar-refractivity contribution in [2.75, 3.05) is 11.4 Å². The molecule has 3 rings (SSSR count). The first-order chi connectivity index (χ1) is 11.9. The van der Waals surface area contributed by atoms with Crippen molar-refractivity contribution in [3.63, 3.8) is 0 Å². The molecule has 1 atom stereocenters. The third-order valence-electron chi connectivity index (χ3n) is 3.94. The van der Waals surface area contributed by atoms with Crippen molar-refractivity contribution in [1.82, 2.24) is 10.9 Å². The first kappa shape index (κ1) is 17.6. The van der Waals surface area contributed by atoms with Gasteiger partial charge in [-0.25, -0.2) is 0 Å². The third-order valence-corrected chi connectivity index (χ3v) is 5.56. The van der Waals surface area contributed by atoms with E-state index in [1.807, 2.05) is 31.2 Å². The highest BCUT2D eigenvalue weighted by molar-refractivity contribution is 9.11. The summed E-state index contributed by atoms with van der Waals surface area (Å²) < 4.78 is 0.833. The van der Waals surface area contributed by atoms with Crippen LogP contribution in [0.25, 0.3) is 0 Å². The second-order valence-corrected chi connectivity index (χ2v) is 8.25. The summed E-state index contributed by atoms with van der Waals surface area (Å²) in [6, 6.07) is 11.0. The molecular formula is C17H16BrN3O3S. The molecule has 0 bridgehead atoms. The molecule has 6 nitrogen and oxygen atoms in total. The van der Waals surface area contributed by atoms with Crippen LogP contribution in [0.1, 0.15) is 21.7 Å². The second-order valence-electron chi connectivity index (χ2n) is 5.79. The number of thiophene rings is 1. The first-order valence-corrected chi connectivity index (χ1v) is 9.27. The standard InChI is InChI=1S/C17H16BrN3O3S/c1-10-2-4-12(5-3-10)21-9-11(8-15(21)22)16(23)19-20-17(24)13-6-7-14(18)25-13/h2-7,11H,8-9H2,1H3,(H,19,23)(H,20,24). The Morgan fingerprint density at radius 1 is 1.16 bits per heavy atom. The quantitative estimate of drug-likeness (QED) is 0.747. The molecule has 130 valence electrons. The number of benzene rings is 1. The van der Waals surface area contributed by atoms with E-state index in [4.69, 9.17) is 0 Å². The normalized spacial score (nSPS) is 16.8. The first-order valence-electron chi connectivity index (χ1n) is 7.66. The van der Waals surface area contributed by atoms with Gasteiger partial charge in [-0.3, -0.25) is 25.2 Å². The zero-order chi connectivity index (χ0) is 18.0. The predicted octanol–water partition coefficient (Wildman–Crippen LogP) is 2.63. The van der Waals surface area contributed by atoms with Gasteiger partial charge in [-0.1, -0.05) is 17.7 Å². The number of rotatable bonds is 3. The number of nitrogens with zero attached hydrogens (tertiary/aromatic N) is 1. The Kier molecular flexibility index (Phi) is 5.19. The van der Waals surface area contributed by atoms with Crippen molar-refractivity contribution >= 4 is 50.7 Å². The summed E-state index contributed by atoms with van der Waals surface area (Å²) in [6.07, 6.45) is 0.125. The molecule has 0 spiro atoms. The van der Waals surface area contributed by atoms with Crippen LogP contribution in [0.15, 0.2) is 40.2 Å². The summed E-state index contributed by atoms with van der Waals surface area (Å²) in [4.78, 5) is 38.5. The van der Waals surface area contributed by atoms with Gasteiger partial charge < -0.3 is 4.90 Å². The molecule has 8 heteroatoms. The van der Waals surface area contributed by atoms with Crippen LogP contribution < -0.4 is 15.8 Å². The zero-order valence-electron chi connectivity index (χ0n) is 13.4. The molecule has 3 amide bonds. The van der Waals surface area contributed by atoms with Crippen LogP contribution in [0.5, 0.6) is 0 Å². The number of hydrazine groups is 1. The number of amides is 3. The summed E-state index contributed by atoms with van der Waals surface area (Å²) >= 11 is 4.55. The van der Waals surface area contributed by atoms with Crippen molar-refractivity contribution < 1.29 is 14.4 Å². The maximum atomic E-state index is 12.3. The van der Waals surface area contributed by atoms with Crippen LogP contribution in [0.3, 0.4) is 0 Å². The molecule has 2 N–H and O–H groups in total. The molecule has 1 fully saturated rings. The van der Waals surface area contributed by atoms with Gasteiger partial charge in [-0.2, -0.15) is 0 Å². The maximum absolute atomic E-state index is 12.3. The Balaban J connectivity index is 1.57. The molecule has 0 radical (unpaired) electrons. The molecule has 25 heavy (non-hydrogen) atoms. The molecule has 1 unspecified atom stereocenters. The summed E-state index contributed by atoms with van der Waals surface area (Å²) in [5.74, 6) is -1.35. The topological polar surface area (TPSA) is 78.5 Å². The molecular weight excluding hydrogens is 406 g/mol. The average Bonchev–Trinajstić information content (AvgIpc) is 3.19. The lowest BCUT2D eigenvalue weighted by atomic mass is 10.1. The smallest absolute Gasteiger partial charge is 0.279 e. The highest BCUT2D eigenvalue weighted by atomic mass is 79.9. The largest absolute Gasteiger partial charge is 0.312 e. The van der Waals surface area contributed by atoms with Gasteiger partial charge in [-0.05, 0) is 47.1 Å². The number of carbonyl (C=O) groups is 3. The number of nitrogens with one attached hydrogen (secondary N) is 2. The SMILES string of the molecule is Cc1ccc(N2CC(C(=O)NNC(=O)c3ccc(Br)s3)CC2=O)cc1. The van der Waals surface area contributed by atoms with Gasteiger partial charge in [0, 0.05) is 18.7 Å². The number of hydrogen-bond donors (Lipinski definition) is 2. The molecule has 1 aliphatic rings. The molecule has 1 saturated heterocycles. The summed E-state index contributed by atoms with van der Waals surface area (Å²) in [5, 5.41) is 0. The minimum absolute atomic E-state index is 0.0995. The number of aryl methyl sites for hydroxylation is 1. The van der Waals surface area contributed by atoms with Crippen LogP contribution in [-0.4, -0.2) is 24.3 Å². The van der Waals surface area contributed by atoms with Crippen molar-refractivity contribution in [2.45, 2.75) is 13.3 Å². The Hall–Kier alpha value is -2.19. The maximum Gasteiger partial charge on any atom is 0.279 e. The molecule has 1 aromatic heterocycles. The van der Waals surface area contributed by atoms with Gasteiger partial charge in [0.1, 0.15) is 0 Å². The van der Waals surface area contributed by atoms with Crippen LogP contribution in [0.4, 0.5) is 5.69 Å². The minimum atomic E-state index is -0.496. The van der Waals surface area contributed by atoms with Crippen molar-refractivity contribution in [3.8, 4) is 0 Å². The van der Waals surface area contributed by atoms with Crippen LogP contribution in [-0.2, 0) is 9.59 Å². The van der Waals surface area contributed by atoms with Gasteiger partial charge in [0.25, 0.3) is 5.91 Å². The summed E-state index contributed by atoms with van der Waals surface area (Å²) in [5.41, 5.74) is 6.68. The van der Waals surface area contributed by atoms with E-state index >= 15 is 0 Å². The Morgan fingerprint density at radius 2 is 1.88 bits per heavy atom. The number of anilines is 1. The molecule has 2 heterocycles. The number of halogens is 1. The van der Waals surface area contributed by atoms with E-state index in [1.165, 1.54) is 11.3 Å². The Morgan fingerprint density at radius 3 is 2.52 bits per heavy atom. The highest BCUT2D eigenvalue weighted by Crippen LogP contribution is 2.25. The van der Waals surface area contributed by atoms with Gasteiger partial charge in [0.15, 0.2) is 0 Å². The molecule has 2 aromatic rings. The molecule has 1 aliphatic heterocycles. The van der Waals surface area contributed by atoms with E-state index in [0.717, 1.165) is 15.0 Å². The second kappa shape index (κ2) is 7.37. The zero-order valence-corrected chi connectivity index (χ0v) is 15.8. The Bertz CT molecular complexity index is 819. The van der Waals surface area contributed by atoms with Gasteiger partial charge in [-0.15, -0.1) is 11.3 Å². The lowest BCUT2D eigenvalue weighted by molar-refractivity contribution is -0.126. The predicted molar refractivity (Wildman–Crippen MR) is 99.3 cm³/mol. The van der Waals surface area contributed by atoms with E-state index < -0.39 is 5.92 Å². The fourth-order valence-electron chi connectivity index (χ4n) is 2.58. The summed E-state index contributed by atoms with van der Waals surface area (Å²) in [6.45, 7) is 2.27. The average molecular weight is 422 g/mol. The van der Waals surface area contributed by atoms with Crippen LogP contribution >= 0.6 is 27.3 Å². The number of hydrogen-bond acceptors (Lipinski definition) is 4. The minimum Gasteiger partial charge on any atom is -0.312 e.